The molecule has 98 valence electrons. The average Bonchev–Trinajstić information content (AvgIpc) is 2.49. The van der Waals surface area contributed by atoms with Gasteiger partial charge in [0.2, 0.25) is 0 Å². The quantitative estimate of drug-likeness (QED) is 0.843. The largest absolute Gasteiger partial charge is 0.310 e. The molecule has 0 radical (unpaired) electrons. The van der Waals surface area contributed by atoms with Crippen molar-refractivity contribution in [2.24, 2.45) is 0 Å². The van der Waals surface area contributed by atoms with Gasteiger partial charge in [-0.3, -0.25) is 4.98 Å². The number of fused-ring (bicyclic) bond motifs is 1. The van der Waals surface area contributed by atoms with E-state index >= 15 is 0 Å². The normalized spacial score (nSPS) is 18.8. The summed E-state index contributed by atoms with van der Waals surface area (Å²) in [5, 5.41) is 4.85. The van der Waals surface area contributed by atoms with Crippen molar-refractivity contribution >= 4 is 10.9 Å². The molecule has 0 spiro atoms. The Bertz CT molecular complexity index is 569. The van der Waals surface area contributed by atoms with Crippen LogP contribution in [0.5, 0.6) is 0 Å². The number of rotatable bonds is 4. The molecule has 3 rings (SSSR count). The van der Waals surface area contributed by atoms with Gasteiger partial charge in [-0.25, -0.2) is 0 Å². The van der Waals surface area contributed by atoms with Crippen LogP contribution in [0.15, 0.2) is 48.7 Å². The van der Waals surface area contributed by atoms with Crippen LogP contribution >= 0.6 is 0 Å². The molecule has 1 N–H and O–H groups in total. The van der Waals surface area contributed by atoms with E-state index in [1.165, 1.54) is 30.2 Å². The Balaban J connectivity index is 1.65. The molecule has 1 aliphatic rings. The summed E-state index contributed by atoms with van der Waals surface area (Å²) >= 11 is 0. The van der Waals surface area contributed by atoms with Crippen LogP contribution in [-0.2, 0) is 6.42 Å². The number of nitrogens with one attached hydrogen (secondary N) is 1. The van der Waals surface area contributed by atoms with Gasteiger partial charge in [0.1, 0.15) is 0 Å². The molecular formula is C17H20N2. The number of hydrogen-bond acceptors (Lipinski definition) is 2. The minimum Gasteiger partial charge on any atom is -0.310 e. The average molecular weight is 252 g/mol. The van der Waals surface area contributed by atoms with Gasteiger partial charge in [-0.1, -0.05) is 36.4 Å². The van der Waals surface area contributed by atoms with E-state index in [9.17, 15) is 0 Å². The summed E-state index contributed by atoms with van der Waals surface area (Å²) < 4.78 is 0. The van der Waals surface area contributed by atoms with Crippen LogP contribution in [0.1, 0.15) is 24.8 Å². The molecule has 1 aromatic heterocycles. The predicted molar refractivity (Wildman–Crippen MR) is 80.2 cm³/mol. The minimum absolute atomic E-state index is 0.566. The van der Waals surface area contributed by atoms with Gasteiger partial charge in [0.25, 0.3) is 0 Å². The van der Waals surface area contributed by atoms with Gasteiger partial charge in [0.15, 0.2) is 0 Å². The summed E-state index contributed by atoms with van der Waals surface area (Å²) in [6.07, 6.45) is 11.3. The fourth-order valence-electron chi connectivity index (χ4n) is 2.74. The lowest BCUT2D eigenvalue weighted by molar-refractivity contribution is 0.525. The summed E-state index contributed by atoms with van der Waals surface area (Å²) in [6, 6.07) is 11.1. The first-order chi connectivity index (χ1) is 9.43. The van der Waals surface area contributed by atoms with E-state index in [-0.39, 0.29) is 0 Å². The van der Waals surface area contributed by atoms with Crippen LogP contribution < -0.4 is 5.32 Å². The number of allylic oxidation sites excluding steroid dienone is 1. The van der Waals surface area contributed by atoms with E-state index in [0.717, 1.165) is 18.5 Å². The number of aromatic nitrogens is 1. The molecule has 1 atom stereocenters. The van der Waals surface area contributed by atoms with Gasteiger partial charge in [0.05, 0.1) is 5.52 Å². The molecule has 19 heavy (non-hydrogen) atoms. The molecular weight excluding hydrogens is 232 g/mol. The second-order valence-corrected chi connectivity index (χ2v) is 5.16. The Morgan fingerprint density at radius 1 is 1.21 bits per heavy atom. The Kier molecular flexibility index (Phi) is 3.89. The van der Waals surface area contributed by atoms with Crippen LogP contribution in [0.25, 0.3) is 10.9 Å². The fourth-order valence-corrected chi connectivity index (χ4v) is 2.74. The van der Waals surface area contributed by atoms with Crippen LogP contribution in [0.3, 0.4) is 0 Å². The second kappa shape index (κ2) is 5.98. The van der Waals surface area contributed by atoms with Gasteiger partial charge in [-0.05, 0) is 43.9 Å². The number of para-hydroxylation sites is 1. The van der Waals surface area contributed by atoms with E-state index in [1.807, 2.05) is 12.3 Å². The summed E-state index contributed by atoms with van der Waals surface area (Å²) in [5.41, 5.74) is 2.48. The molecule has 0 aliphatic heterocycles. The predicted octanol–water partition coefficient (Wildman–Crippen LogP) is 3.48. The van der Waals surface area contributed by atoms with Crippen molar-refractivity contribution in [3.05, 3.63) is 54.2 Å². The number of hydrogen-bond donors (Lipinski definition) is 1. The van der Waals surface area contributed by atoms with E-state index in [0.29, 0.717) is 6.04 Å². The van der Waals surface area contributed by atoms with Crippen molar-refractivity contribution in [1.29, 1.82) is 0 Å². The van der Waals surface area contributed by atoms with Crippen LogP contribution in [0.2, 0.25) is 0 Å². The van der Waals surface area contributed by atoms with E-state index in [4.69, 9.17) is 0 Å². The van der Waals surface area contributed by atoms with Gasteiger partial charge in [-0.2, -0.15) is 0 Å². The zero-order valence-corrected chi connectivity index (χ0v) is 11.2. The van der Waals surface area contributed by atoms with Crippen LogP contribution in [-0.4, -0.2) is 17.6 Å². The molecule has 1 unspecified atom stereocenters. The molecule has 1 heterocycles. The maximum Gasteiger partial charge on any atom is 0.0734 e. The highest BCUT2D eigenvalue weighted by molar-refractivity contribution is 5.81. The number of benzene rings is 1. The van der Waals surface area contributed by atoms with E-state index in [2.05, 4.69) is 46.7 Å². The highest BCUT2D eigenvalue weighted by Crippen LogP contribution is 2.16. The smallest absolute Gasteiger partial charge is 0.0734 e. The summed E-state index contributed by atoms with van der Waals surface area (Å²) in [5.74, 6) is 0. The third-order valence-corrected chi connectivity index (χ3v) is 3.77. The molecule has 0 fully saturated rings. The molecule has 2 nitrogen and oxygen atoms in total. The first kappa shape index (κ1) is 12.4. The van der Waals surface area contributed by atoms with Crippen molar-refractivity contribution in [3.63, 3.8) is 0 Å². The molecule has 2 heteroatoms. The lowest BCUT2D eigenvalue weighted by atomic mass is 10.0. The van der Waals surface area contributed by atoms with E-state index < -0.39 is 0 Å². The molecule has 1 aliphatic carbocycles. The van der Waals surface area contributed by atoms with Crippen LogP contribution in [0, 0.1) is 0 Å². The van der Waals surface area contributed by atoms with Crippen molar-refractivity contribution < 1.29 is 0 Å². The Labute approximate surface area is 114 Å². The fraction of sp³-hybridized carbons (Fsp3) is 0.353. The maximum atomic E-state index is 4.50. The Morgan fingerprint density at radius 2 is 2.16 bits per heavy atom. The standard InChI is InChI=1S/C17H20N2/c1-2-9-16(10-3-1)18-13-11-15-7-4-6-14-8-5-12-19-17(14)15/h2,4-9,12,16,18H,1,3,10-11,13H2. The van der Waals surface area contributed by atoms with Gasteiger partial charge < -0.3 is 5.32 Å². The van der Waals surface area contributed by atoms with Crippen molar-refractivity contribution in [3.8, 4) is 0 Å². The monoisotopic (exact) mass is 252 g/mol. The Hall–Kier alpha value is -1.67. The second-order valence-electron chi connectivity index (χ2n) is 5.16. The topological polar surface area (TPSA) is 24.9 Å². The number of pyridine rings is 1. The summed E-state index contributed by atoms with van der Waals surface area (Å²) in [7, 11) is 0. The van der Waals surface area contributed by atoms with E-state index in [1.54, 1.807) is 0 Å². The Morgan fingerprint density at radius 3 is 3.05 bits per heavy atom. The third kappa shape index (κ3) is 3.02. The third-order valence-electron chi connectivity index (χ3n) is 3.77. The zero-order valence-electron chi connectivity index (χ0n) is 11.2. The number of nitrogens with zero attached hydrogens (tertiary/aromatic N) is 1. The van der Waals surface area contributed by atoms with Gasteiger partial charge in [0, 0.05) is 17.6 Å². The van der Waals surface area contributed by atoms with Gasteiger partial charge in [-0.15, -0.1) is 0 Å². The minimum atomic E-state index is 0.566. The van der Waals surface area contributed by atoms with Crippen molar-refractivity contribution in [2.75, 3.05) is 6.54 Å². The SMILES string of the molecule is C1=CC(NCCc2cccc3cccnc23)CCC1. The van der Waals surface area contributed by atoms with Crippen molar-refractivity contribution in [1.82, 2.24) is 10.3 Å². The lowest BCUT2D eigenvalue weighted by Crippen LogP contribution is -2.30. The highest BCUT2D eigenvalue weighted by atomic mass is 14.9. The summed E-state index contributed by atoms with van der Waals surface area (Å²) in [4.78, 5) is 4.50. The highest BCUT2D eigenvalue weighted by Gasteiger charge is 2.07. The molecule has 0 saturated carbocycles. The molecule has 2 aromatic rings. The summed E-state index contributed by atoms with van der Waals surface area (Å²) in [6.45, 7) is 1.02. The molecule has 0 saturated heterocycles. The molecule has 0 bridgehead atoms. The van der Waals surface area contributed by atoms with Crippen molar-refractivity contribution in [2.45, 2.75) is 31.7 Å². The zero-order chi connectivity index (χ0) is 12.9. The molecule has 1 aromatic carbocycles. The van der Waals surface area contributed by atoms with Gasteiger partial charge >= 0.3 is 0 Å². The maximum absolute atomic E-state index is 4.50. The first-order valence-corrected chi connectivity index (χ1v) is 7.16. The molecule has 0 amide bonds. The first-order valence-electron chi connectivity index (χ1n) is 7.16. The van der Waals surface area contributed by atoms with Crippen LogP contribution in [0.4, 0.5) is 0 Å². The lowest BCUT2D eigenvalue weighted by Gasteiger charge is -2.18.